The van der Waals surface area contributed by atoms with Crippen molar-refractivity contribution in [1.82, 2.24) is 0 Å². The summed E-state index contributed by atoms with van der Waals surface area (Å²) in [4.78, 5) is 0. The van der Waals surface area contributed by atoms with Crippen LogP contribution in [0.1, 0.15) is 11.1 Å². The van der Waals surface area contributed by atoms with Crippen molar-refractivity contribution in [2.24, 2.45) is 0 Å². The highest BCUT2D eigenvalue weighted by molar-refractivity contribution is 5.70. The van der Waals surface area contributed by atoms with E-state index < -0.39 is 0 Å². The highest BCUT2D eigenvalue weighted by Crippen LogP contribution is 2.29. The Balaban J connectivity index is 2.56. The molecule has 0 unspecified atom stereocenters. The van der Waals surface area contributed by atoms with Gasteiger partial charge in [-0.1, -0.05) is 12.0 Å². The Kier molecular flexibility index (Phi) is 4.39. The molecule has 0 aromatic heterocycles. The van der Waals surface area contributed by atoms with Gasteiger partial charge in [0.25, 0.3) is 0 Å². The molecule has 0 aliphatic carbocycles. The van der Waals surface area contributed by atoms with Gasteiger partial charge >= 0.3 is 0 Å². The second kappa shape index (κ2) is 6.23. The summed E-state index contributed by atoms with van der Waals surface area (Å²) in [5.74, 6) is 2.83. The Bertz CT molecular complexity index is 657. The Labute approximate surface area is 118 Å². The number of methoxy groups -OCH3 is 2. The van der Waals surface area contributed by atoms with Crippen LogP contribution in [0, 0.1) is 18.2 Å². The van der Waals surface area contributed by atoms with Crippen LogP contribution in [-0.4, -0.2) is 14.2 Å². The number of ether oxygens (including phenoxy) is 2. The van der Waals surface area contributed by atoms with Gasteiger partial charge in [0.05, 0.1) is 13.7 Å². The molecule has 0 aliphatic heterocycles. The summed E-state index contributed by atoms with van der Waals surface area (Å²) in [5.41, 5.74) is 3.04. The van der Waals surface area contributed by atoms with Crippen LogP contribution in [0.4, 0.5) is 4.39 Å². The second-order valence-corrected chi connectivity index (χ2v) is 4.33. The van der Waals surface area contributed by atoms with Crippen molar-refractivity contribution in [3.63, 3.8) is 0 Å². The summed E-state index contributed by atoms with van der Waals surface area (Å²) in [6.45, 7) is 0.411. The molecule has 2 nitrogen and oxygen atoms in total. The van der Waals surface area contributed by atoms with Gasteiger partial charge in [-0.05, 0) is 47.0 Å². The van der Waals surface area contributed by atoms with E-state index in [2.05, 4.69) is 5.92 Å². The van der Waals surface area contributed by atoms with Crippen molar-refractivity contribution < 1.29 is 13.9 Å². The molecular weight excluding hydrogens is 255 g/mol. The number of halogens is 1. The number of terminal acetylenes is 1. The molecule has 0 bridgehead atoms. The molecule has 0 radical (unpaired) electrons. The quantitative estimate of drug-likeness (QED) is 0.790. The van der Waals surface area contributed by atoms with Crippen molar-refractivity contribution >= 4 is 0 Å². The zero-order valence-electron chi connectivity index (χ0n) is 11.4. The van der Waals surface area contributed by atoms with Crippen LogP contribution in [0.3, 0.4) is 0 Å². The van der Waals surface area contributed by atoms with E-state index in [0.29, 0.717) is 12.2 Å². The van der Waals surface area contributed by atoms with Crippen LogP contribution >= 0.6 is 0 Å². The predicted octanol–water partition coefficient (Wildman–Crippen LogP) is 3.63. The van der Waals surface area contributed by atoms with Gasteiger partial charge in [-0.3, -0.25) is 0 Å². The lowest BCUT2D eigenvalue weighted by atomic mass is 9.98. The molecule has 0 spiro atoms. The van der Waals surface area contributed by atoms with E-state index in [0.717, 1.165) is 22.4 Å². The second-order valence-electron chi connectivity index (χ2n) is 4.33. The molecular formula is C17H15FO2. The molecule has 0 heterocycles. The molecule has 0 atom stereocenters. The van der Waals surface area contributed by atoms with E-state index >= 15 is 0 Å². The summed E-state index contributed by atoms with van der Waals surface area (Å²) in [6.07, 6.45) is 5.35. The standard InChI is InChI=1S/C17H15FO2/c1-4-12-7-13(9-15(18)8-12)17-6-5-16(20-3)10-14(17)11-19-2/h1,5-10H,11H2,2-3H3. The van der Waals surface area contributed by atoms with Crippen LogP contribution in [0.5, 0.6) is 5.75 Å². The average molecular weight is 270 g/mol. The van der Waals surface area contributed by atoms with Gasteiger partial charge in [0, 0.05) is 12.7 Å². The molecule has 0 saturated heterocycles. The fourth-order valence-electron chi connectivity index (χ4n) is 2.08. The Morgan fingerprint density at radius 3 is 2.60 bits per heavy atom. The molecule has 2 aromatic rings. The normalized spacial score (nSPS) is 10.1. The molecule has 2 rings (SSSR count). The number of hydrogen-bond donors (Lipinski definition) is 0. The molecule has 20 heavy (non-hydrogen) atoms. The molecule has 0 N–H and O–H groups in total. The van der Waals surface area contributed by atoms with Gasteiger partial charge in [0.1, 0.15) is 11.6 Å². The topological polar surface area (TPSA) is 18.5 Å². The maximum absolute atomic E-state index is 13.6. The van der Waals surface area contributed by atoms with E-state index in [-0.39, 0.29) is 5.82 Å². The Morgan fingerprint density at radius 1 is 1.15 bits per heavy atom. The maximum atomic E-state index is 13.6. The van der Waals surface area contributed by atoms with Crippen LogP contribution in [-0.2, 0) is 11.3 Å². The van der Waals surface area contributed by atoms with Gasteiger partial charge in [0.2, 0.25) is 0 Å². The van der Waals surface area contributed by atoms with Crippen molar-refractivity contribution in [2.45, 2.75) is 6.61 Å². The lowest BCUT2D eigenvalue weighted by Crippen LogP contribution is -1.95. The third kappa shape index (κ3) is 2.98. The fourth-order valence-corrected chi connectivity index (χ4v) is 2.08. The summed E-state index contributed by atoms with van der Waals surface area (Å²) in [7, 11) is 3.21. The van der Waals surface area contributed by atoms with E-state index in [4.69, 9.17) is 15.9 Å². The molecule has 0 fully saturated rings. The number of hydrogen-bond acceptors (Lipinski definition) is 2. The van der Waals surface area contributed by atoms with E-state index in [1.165, 1.54) is 12.1 Å². The monoisotopic (exact) mass is 270 g/mol. The maximum Gasteiger partial charge on any atom is 0.125 e. The highest BCUT2D eigenvalue weighted by atomic mass is 19.1. The van der Waals surface area contributed by atoms with Crippen molar-refractivity contribution in [3.05, 3.63) is 53.3 Å². The molecule has 0 aliphatic rings. The highest BCUT2D eigenvalue weighted by Gasteiger charge is 2.09. The van der Waals surface area contributed by atoms with Gasteiger partial charge in [0.15, 0.2) is 0 Å². The van der Waals surface area contributed by atoms with Crippen LogP contribution in [0.15, 0.2) is 36.4 Å². The van der Waals surface area contributed by atoms with Crippen LogP contribution < -0.4 is 4.74 Å². The molecule has 0 saturated carbocycles. The largest absolute Gasteiger partial charge is 0.497 e. The minimum atomic E-state index is -0.352. The Morgan fingerprint density at radius 2 is 1.95 bits per heavy atom. The van der Waals surface area contributed by atoms with Gasteiger partial charge < -0.3 is 9.47 Å². The zero-order valence-corrected chi connectivity index (χ0v) is 11.4. The van der Waals surface area contributed by atoms with Crippen molar-refractivity contribution in [2.75, 3.05) is 14.2 Å². The van der Waals surface area contributed by atoms with Crippen molar-refractivity contribution in [3.8, 4) is 29.2 Å². The SMILES string of the molecule is C#Cc1cc(F)cc(-c2ccc(OC)cc2COC)c1. The van der Waals surface area contributed by atoms with Gasteiger partial charge in [-0.25, -0.2) is 4.39 Å². The molecule has 3 heteroatoms. The van der Waals surface area contributed by atoms with Crippen LogP contribution in [0.25, 0.3) is 11.1 Å². The zero-order chi connectivity index (χ0) is 14.5. The van der Waals surface area contributed by atoms with Gasteiger partial charge in [-0.15, -0.1) is 6.42 Å². The first-order valence-electron chi connectivity index (χ1n) is 6.11. The van der Waals surface area contributed by atoms with Gasteiger partial charge in [-0.2, -0.15) is 0 Å². The third-order valence-electron chi connectivity index (χ3n) is 2.99. The number of benzene rings is 2. The first kappa shape index (κ1) is 14.1. The van der Waals surface area contributed by atoms with E-state index in [1.54, 1.807) is 20.3 Å². The lowest BCUT2D eigenvalue weighted by Gasteiger charge is -2.12. The average Bonchev–Trinajstić information content (AvgIpc) is 2.46. The van der Waals surface area contributed by atoms with Crippen molar-refractivity contribution in [1.29, 1.82) is 0 Å². The summed E-state index contributed by atoms with van der Waals surface area (Å²) < 4.78 is 24.0. The van der Waals surface area contributed by atoms with E-state index in [9.17, 15) is 4.39 Å². The smallest absolute Gasteiger partial charge is 0.125 e. The Hall–Kier alpha value is -2.31. The lowest BCUT2D eigenvalue weighted by molar-refractivity contribution is 0.185. The minimum absolute atomic E-state index is 0.352. The summed E-state index contributed by atoms with van der Waals surface area (Å²) in [6, 6.07) is 10.2. The fraction of sp³-hybridized carbons (Fsp3) is 0.176. The molecule has 2 aromatic carbocycles. The van der Waals surface area contributed by atoms with E-state index in [1.807, 2.05) is 18.2 Å². The molecule has 102 valence electrons. The summed E-state index contributed by atoms with van der Waals surface area (Å²) in [5, 5.41) is 0. The third-order valence-corrected chi connectivity index (χ3v) is 2.99. The molecule has 0 amide bonds. The number of rotatable bonds is 4. The summed E-state index contributed by atoms with van der Waals surface area (Å²) >= 11 is 0. The van der Waals surface area contributed by atoms with Crippen LogP contribution in [0.2, 0.25) is 0 Å². The predicted molar refractivity (Wildman–Crippen MR) is 77.0 cm³/mol. The first-order chi connectivity index (χ1) is 9.67. The minimum Gasteiger partial charge on any atom is -0.497 e. The first-order valence-corrected chi connectivity index (χ1v) is 6.11.